The smallest absolute Gasteiger partial charge is 0.412 e. The maximum absolute atomic E-state index is 12.6. The van der Waals surface area contributed by atoms with Crippen LogP contribution in [0, 0.1) is 0 Å². The Labute approximate surface area is 195 Å². The minimum atomic E-state index is -1.89. The average Bonchev–Trinajstić information content (AvgIpc) is 3.34. The van der Waals surface area contributed by atoms with Crippen molar-refractivity contribution in [3.05, 3.63) is 71.4 Å². The van der Waals surface area contributed by atoms with E-state index in [1.807, 2.05) is 48.5 Å². The van der Waals surface area contributed by atoms with Crippen LogP contribution in [0.15, 0.2) is 54.7 Å². The minimum absolute atomic E-state index is 0.0723. The SMILES string of the molecule is Cn1cc(C(=O)NC(C)(CO)C(=O)O)c(NC(=O)OCC2c3ccccc3-c3ccccc32)n1. The number of aliphatic hydroxyl groups excluding tert-OH is 1. The Bertz CT molecular complexity index is 1220. The van der Waals surface area contributed by atoms with Gasteiger partial charge in [-0.3, -0.25) is 14.8 Å². The molecule has 0 bridgehead atoms. The molecule has 2 aromatic carbocycles. The molecule has 0 radical (unpaired) electrons. The van der Waals surface area contributed by atoms with Gasteiger partial charge in [-0.1, -0.05) is 48.5 Å². The van der Waals surface area contributed by atoms with Crippen LogP contribution in [0.25, 0.3) is 11.1 Å². The number of rotatable bonds is 7. The fourth-order valence-electron chi connectivity index (χ4n) is 3.96. The molecule has 1 heterocycles. The molecule has 1 aliphatic rings. The Morgan fingerprint density at radius 2 is 1.68 bits per heavy atom. The normalized spacial score (nSPS) is 14.0. The molecule has 4 rings (SSSR count). The lowest BCUT2D eigenvalue weighted by Crippen LogP contribution is -2.55. The van der Waals surface area contributed by atoms with E-state index in [1.54, 1.807) is 7.05 Å². The monoisotopic (exact) mass is 464 g/mol. The number of benzene rings is 2. The Morgan fingerprint density at radius 3 is 2.24 bits per heavy atom. The second-order valence-electron chi connectivity index (χ2n) is 8.27. The zero-order chi connectivity index (χ0) is 24.5. The summed E-state index contributed by atoms with van der Waals surface area (Å²) in [5, 5.41) is 27.4. The van der Waals surface area contributed by atoms with Crippen molar-refractivity contribution in [2.24, 2.45) is 7.05 Å². The second-order valence-corrected chi connectivity index (χ2v) is 8.27. The summed E-state index contributed by atoms with van der Waals surface area (Å²) in [4.78, 5) is 36.6. The fraction of sp³-hybridized carbons (Fsp3) is 0.250. The van der Waals surface area contributed by atoms with Crippen molar-refractivity contribution in [1.82, 2.24) is 15.1 Å². The number of amides is 2. The van der Waals surface area contributed by atoms with Gasteiger partial charge in [-0.25, -0.2) is 9.59 Å². The highest BCUT2D eigenvalue weighted by Gasteiger charge is 2.36. The summed E-state index contributed by atoms with van der Waals surface area (Å²) in [5.74, 6) is -2.45. The number of aromatic nitrogens is 2. The highest BCUT2D eigenvalue weighted by molar-refractivity contribution is 6.03. The van der Waals surface area contributed by atoms with E-state index < -0.39 is 30.1 Å². The van der Waals surface area contributed by atoms with E-state index >= 15 is 0 Å². The second kappa shape index (κ2) is 8.99. The van der Waals surface area contributed by atoms with Crippen LogP contribution in [0.3, 0.4) is 0 Å². The van der Waals surface area contributed by atoms with E-state index in [-0.39, 0.29) is 23.9 Å². The van der Waals surface area contributed by atoms with Crippen LogP contribution in [-0.2, 0) is 16.6 Å². The lowest BCUT2D eigenvalue weighted by atomic mass is 9.98. The number of carboxylic acids is 1. The van der Waals surface area contributed by atoms with Crippen molar-refractivity contribution in [2.75, 3.05) is 18.5 Å². The van der Waals surface area contributed by atoms with E-state index in [0.29, 0.717) is 0 Å². The molecule has 0 aliphatic heterocycles. The molecule has 4 N–H and O–H groups in total. The van der Waals surface area contributed by atoms with Crippen LogP contribution in [-0.4, -0.2) is 56.7 Å². The van der Waals surface area contributed by atoms with Crippen molar-refractivity contribution in [3.8, 4) is 11.1 Å². The number of carboxylic acid groups (broad SMARTS) is 1. The predicted octanol–water partition coefficient (Wildman–Crippen LogP) is 2.35. The first-order valence-electron chi connectivity index (χ1n) is 10.6. The lowest BCUT2D eigenvalue weighted by Gasteiger charge is -2.23. The van der Waals surface area contributed by atoms with Crippen molar-refractivity contribution in [1.29, 1.82) is 0 Å². The van der Waals surface area contributed by atoms with E-state index in [4.69, 9.17) is 4.74 Å². The third-order valence-corrected chi connectivity index (χ3v) is 5.82. The number of carbonyl (C=O) groups excluding carboxylic acids is 2. The number of fused-ring (bicyclic) bond motifs is 3. The highest BCUT2D eigenvalue weighted by Crippen LogP contribution is 2.44. The molecule has 3 aromatic rings. The van der Waals surface area contributed by atoms with Gasteiger partial charge in [-0.2, -0.15) is 5.10 Å². The van der Waals surface area contributed by atoms with Gasteiger partial charge in [-0.15, -0.1) is 0 Å². The number of aryl methyl sites for hydroxylation is 1. The Morgan fingerprint density at radius 1 is 1.09 bits per heavy atom. The van der Waals surface area contributed by atoms with Crippen LogP contribution >= 0.6 is 0 Å². The molecular formula is C24H24N4O6. The number of nitrogens with one attached hydrogen (secondary N) is 2. The number of hydrogen-bond donors (Lipinski definition) is 4. The molecular weight excluding hydrogens is 440 g/mol. The molecule has 1 aromatic heterocycles. The summed E-state index contributed by atoms with van der Waals surface area (Å²) in [6, 6.07) is 15.9. The molecule has 1 unspecified atom stereocenters. The third kappa shape index (κ3) is 4.23. The van der Waals surface area contributed by atoms with Gasteiger partial charge < -0.3 is 20.3 Å². The molecule has 2 amide bonds. The first kappa shape index (κ1) is 23.0. The van der Waals surface area contributed by atoms with Gasteiger partial charge in [0.05, 0.1) is 6.61 Å². The molecule has 10 heteroatoms. The standard InChI is InChI=1S/C24H24N4O6/c1-24(13-29,22(31)32)26-21(30)18-11-28(2)27-20(18)25-23(33)34-12-19-16-9-5-3-7-14(16)15-8-4-6-10-17(15)19/h3-11,19,29H,12-13H2,1-2H3,(H,26,30)(H,31,32)(H,25,27,33). The first-order chi connectivity index (χ1) is 16.2. The number of nitrogens with zero attached hydrogens (tertiary/aromatic N) is 2. The average molecular weight is 464 g/mol. The zero-order valence-electron chi connectivity index (χ0n) is 18.6. The van der Waals surface area contributed by atoms with Crippen LogP contribution in [0.1, 0.15) is 34.3 Å². The lowest BCUT2D eigenvalue weighted by molar-refractivity contribution is -0.145. The van der Waals surface area contributed by atoms with Crippen LogP contribution in [0.5, 0.6) is 0 Å². The summed E-state index contributed by atoms with van der Waals surface area (Å²) in [6.45, 7) is 0.432. The number of aliphatic hydroxyl groups is 1. The summed E-state index contributed by atoms with van der Waals surface area (Å²) in [5.41, 5.74) is 2.35. The molecule has 10 nitrogen and oxygen atoms in total. The summed E-state index contributed by atoms with van der Waals surface area (Å²) >= 11 is 0. The fourth-order valence-corrected chi connectivity index (χ4v) is 3.96. The molecule has 0 saturated heterocycles. The van der Waals surface area contributed by atoms with Crippen molar-refractivity contribution in [2.45, 2.75) is 18.4 Å². The zero-order valence-corrected chi connectivity index (χ0v) is 18.6. The molecule has 34 heavy (non-hydrogen) atoms. The van der Waals surface area contributed by atoms with Crippen LogP contribution < -0.4 is 10.6 Å². The maximum atomic E-state index is 12.6. The van der Waals surface area contributed by atoms with Gasteiger partial charge in [0.25, 0.3) is 5.91 Å². The number of ether oxygens (including phenoxy) is 1. The highest BCUT2D eigenvalue weighted by atomic mass is 16.5. The molecule has 176 valence electrons. The third-order valence-electron chi connectivity index (χ3n) is 5.82. The van der Waals surface area contributed by atoms with E-state index in [2.05, 4.69) is 15.7 Å². The van der Waals surface area contributed by atoms with Gasteiger partial charge in [0.1, 0.15) is 12.2 Å². The number of hydrogen-bond acceptors (Lipinski definition) is 6. The first-order valence-corrected chi connectivity index (χ1v) is 10.6. The Balaban J connectivity index is 1.47. The van der Waals surface area contributed by atoms with Crippen molar-refractivity contribution < 1.29 is 29.3 Å². The molecule has 0 spiro atoms. The van der Waals surface area contributed by atoms with E-state index in [0.717, 1.165) is 22.3 Å². The molecule has 1 atom stereocenters. The van der Waals surface area contributed by atoms with Crippen molar-refractivity contribution >= 4 is 23.8 Å². The maximum Gasteiger partial charge on any atom is 0.412 e. The quantitative estimate of drug-likeness (QED) is 0.420. The van der Waals surface area contributed by atoms with Gasteiger partial charge in [-0.05, 0) is 29.2 Å². The van der Waals surface area contributed by atoms with Gasteiger partial charge in [0, 0.05) is 19.2 Å². The van der Waals surface area contributed by atoms with Crippen molar-refractivity contribution in [3.63, 3.8) is 0 Å². The van der Waals surface area contributed by atoms with Gasteiger partial charge >= 0.3 is 12.1 Å². The molecule has 0 fully saturated rings. The van der Waals surface area contributed by atoms with E-state index in [9.17, 15) is 24.6 Å². The predicted molar refractivity (Wildman–Crippen MR) is 122 cm³/mol. The Kier molecular flexibility index (Phi) is 6.08. The van der Waals surface area contributed by atoms with E-state index in [1.165, 1.54) is 17.8 Å². The van der Waals surface area contributed by atoms with Crippen LogP contribution in [0.2, 0.25) is 0 Å². The number of carbonyl (C=O) groups is 3. The Hall–Kier alpha value is -4.18. The summed E-state index contributed by atoms with van der Waals surface area (Å²) in [7, 11) is 1.54. The molecule has 1 aliphatic carbocycles. The summed E-state index contributed by atoms with van der Waals surface area (Å²) in [6.07, 6.45) is 0.520. The summed E-state index contributed by atoms with van der Waals surface area (Å²) < 4.78 is 6.78. The minimum Gasteiger partial charge on any atom is -0.479 e. The molecule has 0 saturated carbocycles. The number of anilines is 1. The van der Waals surface area contributed by atoms with Crippen LogP contribution in [0.4, 0.5) is 10.6 Å². The number of aliphatic carboxylic acids is 1. The topological polar surface area (TPSA) is 143 Å². The largest absolute Gasteiger partial charge is 0.479 e. The van der Waals surface area contributed by atoms with Gasteiger partial charge in [0.15, 0.2) is 11.4 Å². The van der Waals surface area contributed by atoms with Gasteiger partial charge in [0.2, 0.25) is 0 Å².